The van der Waals surface area contributed by atoms with Crippen LogP contribution < -0.4 is 4.72 Å². The Kier molecular flexibility index (Phi) is 8.39. The van der Waals surface area contributed by atoms with Gasteiger partial charge in [0.05, 0.1) is 16.4 Å². The van der Waals surface area contributed by atoms with E-state index in [1.165, 1.54) is 24.0 Å². The van der Waals surface area contributed by atoms with Crippen LogP contribution in [0.2, 0.25) is 0 Å². The summed E-state index contributed by atoms with van der Waals surface area (Å²) in [4.78, 5) is 26.3. The van der Waals surface area contributed by atoms with Crippen molar-refractivity contribution in [1.29, 1.82) is 0 Å². The predicted molar refractivity (Wildman–Crippen MR) is 111 cm³/mol. The minimum atomic E-state index is -3.91. The molecule has 1 aromatic rings. The summed E-state index contributed by atoms with van der Waals surface area (Å²) >= 11 is 0. The van der Waals surface area contributed by atoms with Gasteiger partial charge in [0, 0.05) is 12.6 Å². The quantitative estimate of drug-likeness (QED) is 0.510. The smallest absolute Gasteiger partial charge is 0.324 e. The van der Waals surface area contributed by atoms with Gasteiger partial charge in [-0.05, 0) is 31.9 Å². The molecule has 1 aromatic carbocycles. The number of esters is 1. The maximum absolute atomic E-state index is 12.6. The van der Waals surface area contributed by atoms with Crippen molar-refractivity contribution in [3.8, 4) is 0 Å². The number of amides is 1. The van der Waals surface area contributed by atoms with Crippen molar-refractivity contribution in [2.45, 2.75) is 50.1 Å². The lowest BCUT2D eigenvalue weighted by molar-refractivity contribution is -0.153. The fourth-order valence-corrected chi connectivity index (χ4v) is 6.09. The van der Waals surface area contributed by atoms with Gasteiger partial charge in [-0.3, -0.25) is 9.59 Å². The van der Waals surface area contributed by atoms with Crippen molar-refractivity contribution in [2.24, 2.45) is 0 Å². The predicted octanol–water partition coefficient (Wildman–Crippen LogP) is 0.712. The Labute approximate surface area is 177 Å². The summed E-state index contributed by atoms with van der Waals surface area (Å²) in [6, 6.07) is 5.95. The van der Waals surface area contributed by atoms with Crippen LogP contribution in [0.25, 0.3) is 0 Å². The first-order valence-electron chi connectivity index (χ1n) is 9.79. The Bertz CT molecular complexity index is 946. The van der Waals surface area contributed by atoms with E-state index in [0.717, 1.165) is 6.42 Å². The SMILES string of the molecule is CCCCN(C(=O)COC(=O)C(C)NS(=O)(=O)c1ccccc1)C1CCS(=O)(=O)C1. The topological polar surface area (TPSA) is 127 Å². The second-order valence-corrected chi connectivity index (χ2v) is 11.2. The number of nitrogens with one attached hydrogen (secondary N) is 1. The number of carbonyl (C=O) groups excluding carboxylic acids is 2. The molecule has 168 valence electrons. The van der Waals surface area contributed by atoms with Gasteiger partial charge < -0.3 is 9.64 Å². The fraction of sp³-hybridized carbons (Fsp3) is 0.579. The molecule has 1 amide bonds. The van der Waals surface area contributed by atoms with E-state index >= 15 is 0 Å². The van der Waals surface area contributed by atoms with Gasteiger partial charge in [0.25, 0.3) is 5.91 Å². The number of hydrogen-bond acceptors (Lipinski definition) is 7. The van der Waals surface area contributed by atoms with E-state index in [2.05, 4.69) is 4.72 Å². The summed E-state index contributed by atoms with van der Waals surface area (Å²) in [5.41, 5.74) is 0. The van der Waals surface area contributed by atoms with Crippen molar-refractivity contribution in [2.75, 3.05) is 24.7 Å². The van der Waals surface area contributed by atoms with Crippen molar-refractivity contribution < 1.29 is 31.2 Å². The number of ether oxygens (including phenoxy) is 1. The Morgan fingerprint density at radius 3 is 2.50 bits per heavy atom. The van der Waals surface area contributed by atoms with Gasteiger partial charge in [0.2, 0.25) is 10.0 Å². The van der Waals surface area contributed by atoms with Crippen LogP contribution in [0.15, 0.2) is 35.2 Å². The van der Waals surface area contributed by atoms with Crippen molar-refractivity contribution in [3.05, 3.63) is 30.3 Å². The number of carbonyl (C=O) groups is 2. The maximum Gasteiger partial charge on any atom is 0.324 e. The molecule has 1 fully saturated rings. The highest BCUT2D eigenvalue weighted by molar-refractivity contribution is 7.91. The number of hydrogen-bond donors (Lipinski definition) is 1. The summed E-state index contributed by atoms with van der Waals surface area (Å²) in [5, 5.41) is 0. The van der Waals surface area contributed by atoms with Crippen LogP contribution in [0.4, 0.5) is 0 Å². The summed E-state index contributed by atoms with van der Waals surface area (Å²) in [7, 11) is -7.08. The number of unbranched alkanes of at least 4 members (excludes halogenated alkanes) is 1. The van der Waals surface area contributed by atoms with Crippen molar-refractivity contribution in [1.82, 2.24) is 9.62 Å². The van der Waals surface area contributed by atoms with Crippen LogP contribution in [-0.2, 0) is 34.2 Å². The van der Waals surface area contributed by atoms with Gasteiger partial charge in [0.15, 0.2) is 16.4 Å². The summed E-state index contributed by atoms with van der Waals surface area (Å²) in [5.74, 6) is -1.44. The van der Waals surface area contributed by atoms with E-state index in [9.17, 15) is 26.4 Å². The Morgan fingerprint density at radius 1 is 1.27 bits per heavy atom. The van der Waals surface area contributed by atoms with Crippen LogP contribution in [0, 0.1) is 0 Å². The van der Waals surface area contributed by atoms with E-state index in [0.29, 0.717) is 19.4 Å². The summed E-state index contributed by atoms with van der Waals surface area (Å²) < 4.78 is 55.3. The highest BCUT2D eigenvalue weighted by Crippen LogP contribution is 2.19. The van der Waals surface area contributed by atoms with Crippen LogP contribution in [0.3, 0.4) is 0 Å². The number of nitrogens with zero attached hydrogens (tertiary/aromatic N) is 1. The summed E-state index contributed by atoms with van der Waals surface area (Å²) in [6.45, 7) is 3.08. The molecule has 2 unspecified atom stereocenters. The number of sulfonamides is 1. The number of sulfone groups is 1. The third-order valence-electron chi connectivity index (χ3n) is 4.80. The lowest BCUT2D eigenvalue weighted by Gasteiger charge is -2.28. The van der Waals surface area contributed by atoms with Gasteiger partial charge in [-0.25, -0.2) is 16.8 Å². The zero-order valence-electron chi connectivity index (χ0n) is 17.1. The monoisotopic (exact) mass is 460 g/mol. The second kappa shape index (κ2) is 10.4. The molecular formula is C19H28N2O7S2. The van der Waals surface area contributed by atoms with Crippen molar-refractivity contribution >= 4 is 31.7 Å². The first-order chi connectivity index (χ1) is 14.1. The molecule has 11 heteroatoms. The molecule has 0 aromatic heterocycles. The normalized spacial score (nSPS) is 19.2. The number of benzene rings is 1. The zero-order chi connectivity index (χ0) is 22.4. The molecule has 2 atom stereocenters. The maximum atomic E-state index is 12.6. The first kappa shape index (κ1) is 24.3. The molecule has 1 aliphatic rings. The molecule has 1 saturated heterocycles. The largest absolute Gasteiger partial charge is 0.454 e. The van der Waals surface area contributed by atoms with E-state index in [1.807, 2.05) is 6.92 Å². The minimum absolute atomic E-state index is 0.00825. The molecular weight excluding hydrogens is 432 g/mol. The van der Waals surface area contributed by atoms with E-state index in [1.54, 1.807) is 18.2 Å². The van der Waals surface area contributed by atoms with E-state index < -0.39 is 50.4 Å². The molecule has 1 heterocycles. The van der Waals surface area contributed by atoms with Crippen LogP contribution >= 0.6 is 0 Å². The van der Waals surface area contributed by atoms with Crippen LogP contribution in [0.1, 0.15) is 33.1 Å². The lowest BCUT2D eigenvalue weighted by atomic mass is 10.2. The molecule has 2 rings (SSSR count). The Morgan fingerprint density at radius 2 is 1.93 bits per heavy atom. The molecule has 1 aliphatic heterocycles. The van der Waals surface area contributed by atoms with Crippen LogP contribution in [0.5, 0.6) is 0 Å². The molecule has 0 saturated carbocycles. The fourth-order valence-electron chi connectivity index (χ4n) is 3.15. The van der Waals surface area contributed by atoms with Gasteiger partial charge >= 0.3 is 5.97 Å². The molecule has 0 aliphatic carbocycles. The Balaban J connectivity index is 1.94. The molecule has 0 spiro atoms. The molecule has 9 nitrogen and oxygen atoms in total. The third kappa shape index (κ3) is 6.78. The van der Waals surface area contributed by atoms with Gasteiger partial charge in [-0.1, -0.05) is 31.5 Å². The number of rotatable bonds is 10. The standard InChI is InChI=1S/C19H28N2O7S2/c1-3-4-11-21(16-10-12-29(24,25)14-16)18(22)13-28-19(23)15(2)20-30(26,27)17-8-6-5-7-9-17/h5-9,15-16,20H,3-4,10-14H2,1-2H3. The first-order valence-corrected chi connectivity index (χ1v) is 13.1. The molecule has 1 N–H and O–H groups in total. The highest BCUT2D eigenvalue weighted by Gasteiger charge is 2.35. The average Bonchev–Trinajstić information content (AvgIpc) is 3.06. The third-order valence-corrected chi connectivity index (χ3v) is 8.11. The van der Waals surface area contributed by atoms with Crippen LogP contribution in [-0.4, -0.2) is 70.4 Å². The van der Waals surface area contributed by atoms with Gasteiger partial charge in [-0.2, -0.15) is 4.72 Å². The molecule has 0 radical (unpaired) electrons. The Hall–Kier alpha value is -1.98. The summed E-state index contributed by atoms with van der Waals surface area (Å²) in [6.07, 6.45) is 1.88. The second-order valence-electron chi connectivity index (χ2n) is 7.26. The average molecular weight is 461 g/mol. The lowest BCUT2D eigenvalue weighted by Crippen LogP contribution is -2.45. The van der Waals surface area contributed by atoms with E-state index in [-0.39, 0.29) is 16.4 Å². The van der Waals surface area contributed by atoms with Gasteiger partial charge in [-0.15, -0.1) is 0 Å². The molecule has 0 bridgehead atoms. The van der Waals surface area contributed by atoms with E-state index in [4.69, 9.17) is 4.74 Å². The molecule has 30 heavy (non-hydrogen) atoms. The zero-order valence-corrected chi connectivity index (χ0v) is 18.7. The van der Waals surface area contributed by atoms with Gasteiger partial charge in [0.1, 0.15) is 6.04 Å². The van der Waals surface area contributed by atoms with Crippen molar-refractivity contribution in [3.63, 3.8) is 0 Å². The minimum Gasteiger partial charge on any atom is -0.454 e. The highest BCUT2D eigenvalue weighted by atomic mass is 32.2.